The molecule has 1 aliphatic heterocycles. The normalized spacial score (nSPS) is 14.3. The van der Waals surface area contributed by atoms with Crippen molar-refractivity contribution < 1.29 is 9.90 Å². The third-order valence-corrected chi connectivity index (χ3v) is 6.07. The van der Waals surface area contributed by atoms with Crippen LogP contribution in [0, 0.1) is 16.7 Å². The summed E-state index contributed by atoms with van der Waals surface area (Å²) < 4.78 is 0. The summed E-state index contributed by atoms with van der Waals surface area (Å²) in [7, 11) is 1.99. The highest BCUT2D eigenvalue weighted by Crippen LogP contribution is 2.28. The van der Waals surface area contributed by atoms with Gasteiger partial charge in [-0.15, -0.1) is 0 Å². The van der Waals surface area contributed by atoms with Crippen LogP contribution in [0.1, 0.15) is 42.1 Å². The van der Waals surface area contributed by atoms with Gasteiger partial charge in [0, 0.05) is 37.9 Å². The van der Waals surface area contributed by atoms with E-state index in [0.717, 1.165) is 55.7 Å². The Balaban J connectivity index is 1.76. The molecular weight excluding hydrogens is 390 g/mol. The van der Waals surface area contributed by atoms with Crippen molar-refractivity contribution in [2.75, 3.05) is 31.6 Å². The van der Waals surface area contributed by atoms with Crippen molar-refractivity contribution in [1.29, 1.82) is 10.8 Å². The lowest BCUT2D eigenvalue weighted by Gasteiger charge is -2.33. The van der Waals surface area contributed by atoms with Crippen molar-refractivity contribution in [3.8, 4) is 11.1 Å². The van der Waals surface area contributed by atoms with Crippen molar-refractivity contribution in [2.24, 2.45) is 11.7 Å². The van der Waals surface area contributed by atoms with Crippen LogP contribution in [0.25, 0.3) is 11.1 Å². The Bertz CT molecular complexity index is 980. The van der Waals surface area contributed by atoms with Gasteiger partial charge in [0.1, 0.15) is 5.84 Å². The molecule has 0 aromatic heterocycles. The van der Waals surface area contributed by atoms with Crippen LogP contribution in [0.15, 0.2) is 42.5 Å². The number of carboxylic acids is 1. The van der Waals surface area contributed by atoms with Gasteiger partial charge in [-0.2, -0.15) is 0 Å². The van der Waals surface area contributed by atoms with E-state index in [1.54, 1.807) is 18.2 Å². The third-order valence-electron chi connectivity index (χ3n) is 6.07. The smallest absolute Gasteiger partial charge is 0.335 e. The summed E-state index contributed by atoms with van der Waals surface area (Å²) in [6, 6.07) is 12.7. The number of nitrogens with one attached hydrogen (secondary N) is 2. The molecule has 0 atom stereocenters. The van der Waals surface area contributed by atoms with E-state index in [9.17, 15) is 9.90 Å². The Labute approximate surface area is 183 Å². The molecule has 7 nitrogen and oxygen atoms in total. The van der Waals surface area contributed by atoms with Crippen molar-refractivity contribution in [2.45, 2.75) is 26.2 Å². The fourth-order valence-corrected chi connectivity index (χ4v) is 4.05. The summed E-state index contributed by atoms with van der Waals surface area (Å²) in [6.45, 7) is 4.56. The maximum absolute atomic E-state index is 11.7. The van der Waals surface area contributed by atoms with Crippen LogP contribution in [0.4, 0.5) is 5.69 Å². The molecule has 0 radical (unpaired) electrons. The first-order chi connectivity index (χ1) is 14.7. The number of rotatable bonds is 7. The predicted molar refractivity (Wildman–Crippen MR) is 125 cm³/mol. The minimum Gasteiger partial charge on any atom is -0.478 e. The van der Waals surface area contributed by atoms with Crippen LogP contribution in [0.2, 0.25) is 0 Å². The molecule has 5 N–H and O–H groups in total. The summed E-state index contributed by atoms with van der Waals surface area (Å²) in [5.41, 5.74) is 8.95. The number of hydrogen-bond donors (Lipinski definition) is 4. The number of piperidine rings is 1. The van der Waals surface area contributed by atoms with Gasteiger partial charge in [-0.05, 0) is 67.5 Å². The van der Waals surface area contributed by atoms with Gasteiger partial charge in [0.05, 0.1) is 11.4 Å². The van der Waals surface area contributed by atoms with Gasteiger partial charge in [-0.1, -0.05) is 18.2 Å². The molecule has 7 heteroatoms. The average molecular weight is 422 g/mol. The van der Waals surface area contributed by atoms with E-state index in [4.69, 9.17) is 16.6 Å². The lowest BCUT2D eigenvalue weighted by molar-refractivity contribution is 0.0697. The second-order valence-corrected chi connectivity index (χ2v) is 8.29. The van der Waals surface area contributed by atoms with Crippen molar-refractivity contribution >= 4 is 23.3 Å². The first-order valence-electron chi connectivity index (χ1n) is 10.6. The Morgan fingerprint density at radius 1 is 1.13 bits per heavy atom. The SMILES string of the molecule is CC(=N)N1CCC(CCN(C)c2cc(C(=O)O)cc(-c3cccc(C(=N)N)c3)c2)CC1. The molecule has 0 aliphatic carbocycles. The molecule has 0 amide bonds. The number of carbonyl (C=O) groups is 1. The zero-order valence-corrected chi connectivity index (χ0v) is 18.2. The molecule has 1 saturated heterocycles. The zero-order chi connectivity index (χ0) is 22.5. The molecule has 1 fully saturated rings. The number of hydrogen-bond acceptors (Lipinski definition) is 4. The van der Waals surface area contributed by atoms with Crippen LogP contribution in [-0.4, -0.2) is 54.3 Å². The molecule has 0 unspecified atom stereocenters. The summed E-state index contributed by atoms with van der Waals surface area (Å²) in [5, 5.41) is 25.0. The number of carboxylic acid groups (broad SMARTS) is 1. The van der Waals surface area contributed by atoms with E-state index < -0.39 is 5.97 Å². The minimum absolute atomic E-state index is 0.0159. The number of nitrogen functional groups attached to an aromatic ring is 1. The first kappa shape index (κ1) is 22.3. The molecular formula is C24H31N5O2. The van der Waals surface area contributed by atoms with Gasteiger partial charge in [0.25, 0.3) is 0 Å². The molecule has 1 aliphatic rings. The maximum atomic E-state index is 11.7. The topological polar surface area (TPSA) is 118 Å². The van der Waals surface area contributed by atoms with Gasteiger partial charge >= 0.3 is 5.97 Å². The highest BCUT2D eigenvalue weighted by molar-refractivity contribution is 5.96. The van der Waals surface area contributed by atoms with E-state index in [-0.39, 0.29) is 11.4 Å². The largest absolute Gasteiger partial charge is 0.478 e. The van der Waals surface area contributed by atoms with Crippen molar-refractivity contribution in [1.82, 2.24) is 4.90 Å². The number of amidine groups is 2. The number of anilines is 1. The second kappa shape index (κ2) is 9.64. The van der Waals surface area contributed by atoms with Gasteiger partial charge in [0.15, 0.2) is 0 Å². The van der Waals surface area contributed by atoms with Crippen LogP contribution >= 0.6 is 0 Å². The Kier molecular flexibility index (Phi) is 6.95. The average Bonchev–Trinajstić information content (AvgIpc) is 2.77. The first-order valence-corrected chi connectivity index (χ1v) is 10.6. The highest BCUT2D eigenvalue weighted by Gasteiger charge is 2.20. The van der Waals surface area contributed by atoms with Crippen LogP contribution in [0.3, 0.4) is 0 Å². The van der Waals surface area contributed by atoms with Gasteiger partial charge in [-0.3, -0.25) is 10.8 Å². The molecule has 1 heterocycles. The van der Waals surface area contributed by atoms with Crippen LogP contribution in [-0.2, 0) is 0 Å². The van der Waals surface area contributed by atoms with Gasteiger partial charge < -0.3 is 20.6 Å². The lowest BCUT2D eigenvalue weighted by atomic mass is 9.93. The summed E-state index contributed by atoms with van der Waals surface area (Å²) in [4.78, 5) is 16.0. The van der Waals surface area contributed by atoms with E-state index >= 15 is 0 Å². The highest BCUT2D eigenvalue weighted by atomic mass is 16.4. The standard InChI is InChI=1S/C24H31N5O2/c1-16(25)29-10-7-17(8-11-29)6-9-28(2)22-14-20(13-21(15-22)24(30)31)18-4-3-5-19(12-18)23(26)27/h3-5,12-15,17,25H,6-11H2,1-2H3,(H3,26,27)(H,30,31). The zero-order valence-electron chi connectivity index (χ0n) is 18.2. The fourth-order valence-electron chi connectivity index (χ4n) is 4.05. The van der Waals surface area contributed by atoms with Crippen LogP contribution in [0.5, 0.6) is 0 Å². The van der Waals surface area contributed by atoms with E-state index in [2.05, 4.69) is 9.80 Å². The summed E-state index contributed by atoms with van der Waals surface area (Å²) in [6.07, 6.45) is 3.21. The molecule has 164 valence electrons. The summed E-state index contributed by atoms with van der Waals surface area (Å²) in [5.74, 6) is 0.279. The van der Waals surface area contributed by atoms with Gasteiger partial charge in [-0.25, -0.2) is 4.79 Å². The second-order valence-electron chi connectivity index (χ2n) is 8.29. The monoisotopic (exact) mass is 421 g/mol. The Morgan fingerprint density at radius 2 is 1.81 bits per heavy atom. The molecule has 3 rings (SSSR count). The molecule has 0 spiro atoms. The van der Waals surface area contributed by atoms with Crippen LogP contribution < -0.4 is 10.6 Å². The molecule has 31 heavy (non-hydrogen) atoms. The van der Waals surface area contributed by atoms with Gasteiger partial charge in [0.2, 0.25) is 0 Å². The number of nitrogens with two attached hydrogens (primary N) is 1. The molecule has 0 bridgehead atoms. The molecule has 0 saturated carbocycles. The molecule has 2 aromatic rings. The number of benzene rings is 2. The number of nitrogens with zero attached hydrogens (tertiary/aromatic N) is 2. The third kappa shape index (κ3) is 5.63. The lowest BCUT2D eigenvalue weighted by Crippen LogP contribution is -2.37. The number of likely N-dealkylation sites (tertiary alicyclic amines) is 1. The number of aromatic carboxylic acids is 1. The maximum Gasteiger partial charge on any atom is 0.335 e. The van der Waals surface area contributed by atoms with Crippen molar-refractivity contribution in [3.63, 3.8) is 0 Å². The van der Waals surface area contributed by atoms with E-state index in [0.29, 0.717) is 17.3 Å². The quantitative estimate of drug-likeness (QED) is 0.400. The van der Waals surface area contributed by atoms with E-state index in [1.807, 2.05) is 38.2 Å². The Hall–Kier alpha value is -3.35. The minimum atomic E-state index is -0.964. The summed E-state index contributed by atoms with van der Waals surface area (Å²) >= 11 is 0. The Morgan fingerprint density at radius 3 is 2.42 bits per heavy atom. The predicted octanol–water partition coefficient (Wildman–Crippen LogP) is 3.87. The van der Waals surface area contributed by atoms with Crippen molar-refractivity contribution in [3.05, 3.63) is 53.6 Å². The van der Waals surface area contributed by atoms with E-state index in [1.165, 1.54) is 0 Å². The molecule has 2 aromatic carbocycles. The fraction of sp³-hybridized carbons (Fsp3) is 0.375.